The second-order valence-corrected chi connectivity index (χ2v) is 8.79. The van der Waals surface area contributed by atoms with Gasteiger partial charge >= 0.3 is 0 Å². The molecule has 1 saturated carbocycles. The maximum atomic E-state index is 14.5. The summed E-state index contributed by atoms with van der Waals surface area (Å²) >= 11 is 0. The molecule has 3 heterocycles. The van der Waals surface area contributed by atoms with Crippen molar-refractivity contribution in [1.29, 1.82) is 0 Å². The fourth-order valence-corrected chi connectivity index (χ4v) is 4.56. The number of hydrogen-bond donors (Lipinski definition) is 2. The van der Waals surface area contributed by atoms with E-state index in [0.717, 1.165) is 41.1 Å². The Kier molecular flexibility index (Phi) is 4.54. The van der Waals surface area contributed by atoms with Crippen LogP contribution in [0, 0.1) is 13.8 Å². The van der Waals surface area contributed by atoms with Crippen LogP contribution in [-0.2, 0) is 0 Å². The predicted octanol–water partition coefficient (Wildman–Crippen LogP) is 4.57. The molecule has 3 aromatic rings. The first-order chi connectivity index (χ1) is 14.0. The van der Waals surface area contributed by atoms with E-state index in [0.29, 0.717) is 12.5 Å². The van der Waals surface area contributed by atoms with Crippen LogP contribution in [0.4, 0.5) is 10.2 Å². The number of aryl methyl sites for hydroxylation is 2. The summed E-state index contributed by atoms with van der Waals surface area (Å²) in [4.78, 5) is 6.57. The van der Waals surface area contributed by atoms with Gasteiger partial charge in [0.1, 0.15) is 6.17 Å². The van der Waals surface area contributed by atoms with Crippen LogP contribution in [0.5, 0.6) is 0 Å². The van der Waals surface area contributed by atoms with Gasteiger partial charge in [-0.3, -0.25) is 10.1 Å². The summed E-state index contributed by atoms with van der Waals surface area (Å²) in [7, 11) is 1.97. The number of hydrogen-bond acceptors (Lipinski definition) is 4. The lowest BCUT2D eigenvalue weighted by atomic mass is 9.94. The number of halogens is 1. The average Bonchev–Trinajstić information content (AvgIpc) is 3.44. The number of benzene rings is 1. The highest BCUT2D eigenvalue weighted by atomic mass is 19.1. The fourth-order valence-electron chi connectivity index (χ4n) is 4.56. The molecule has 2 fully saturated rings. The summed E-state index contributed by atoms with van der Waals surface area (Å²) < 4.78 is 14.5. The molecule has 152 valence electrons. The Labute approximate surface area is 170 Å². The zero-order valence-corrected chi connectivity index (χ0v) is 17.3. The Balaban J connectivity index is 1.54. The molecule has 1 aliphatic heterocycles. The monoisotopic (exact) mass is 393 g/mol. The Morgan fingerprint density at radius 2 is 1.86 bits per heavy atom. The van der Waals surface area contributed by atoms with Crippen molar-refractivity contribution >= 4 is 16.7 Å². The lowest BCUT2D eigenvalue weighted by molar-refractivity contribution is 0.149. The van der Waals surface area contributed by atoms with Gasteiger partial charge in [-0.2, -0.15) is 5.10 Å². The number of fused-ring (bicyclic) bond motifs is 1. The quantitative estimate of drug-likeness (QED) is 0.682. The topological polar surface area (TPSA) is 56.8 Å². The van der Waals surface area contributed by atoms with E-state index in [1.807, 2.05) is 25.8 Å². The van der Waals surface area contributed by atoms with Crippen molar-refractivity contribution in [2.75, 3.05) is 25.5 Å². The Morgan fingerprint density at radius 3 is 2.55 bits per heavy atom. The summed E-state index contributed by atoms with van der Waals surface area (Å²) in [5, 5.41) is 12.1. The van der Waals surface area contributed by atoms with Gasteiger partial charge in [0, 0.05) is 29.9 Å². The van der Waals surface area contributed by atoms with Gasteiger partial charge in [0.15, 0.2) is 5.82 Å². The number of pyridine rings is 1. The number of likely N-dealkylation sites (tertiary alicyclic amines) is 1. The molecule has 0 unspecified atom stereocenters. The first-order valence-corrected chi connectivity index (χ1v) is 10.5. The number of piperidine rings is 1. The van der Waals surface area contributed by atoms with Gasteiger partial charge < -0.3 is 10.2 Å². The molecule has 2 aliphatic rings. The van der Waals surface area contributed by atoms with E-state index in [1.165, 1.54) is 29.5 Å². The smallest absolute Gasteiger partial charge is 0.156 e. The fraction of sp³-hybridized carbons (Fsp3) is 0.478. The number of nitrogens with one attached hydrogen (secondary N) is 2. The Bertz CT molecular complexity index is 1030. The van der Waals surface area contributed by atoms with Crippen molar-refractivity contribution in [3.8, 4) is 11.1 Å². The van der Waals surface area contributed by atoms with Crippen molar-refractivity contribution in [1.82, 2.24) is 20.1 Å². The predicted molar refractivity (Wildman–Crippen MR) is 115 cm³/mol. The zero-order chi connectivity index (χ0) is 20.1. The first-order valence-electron chi connectivity index (χ1n) is 10.5. The minimum absolute atomic E-state index is 0.188. The molecule has 5 rings (SSSR count). The molecule has 29 heavy (non-hydrogen) atoms. The van der Waals surface area contributed by atoms with Crippen molar-refractivity contribution in [2.24, 2.45) is 0 Å². The molecular weight excluding hydrogens is 365 g/mol. The number of nitrogens with zero attached hydrogens (tertiary/aromatic N) is 3. The van der Waals surface area contributed by atoms with Crippen LogP contribution in [0.15, 0.2) is 24.3 Å². The molecule has 1 aromatic carbocycles. The average molecular weight is 394 g/mol. The maximum absolute atomic E-state index is 14.5. The molecule has 2 N–H and O–H groups in total. The van der Waals surface area contributed by atoms with E-state index in [2.05, 4.69) is 44.8 Å². The van der Waals surface area contributed by atoms with Gasteiger partial charge in [-0.05, 0) is 87.0 Å². The molecule has 2 aromatic heterocycles. The number of rotatable bonds is 4. The lowest BCUT2D eigenvalue weighted by Gasteiger charge is -2.32. The number of alkyl halides is 1. The Hall–Kier alpha value is -2.47. The number of aromatic nitrogens is 3. The standard InChI is InChI=1S/C23H28FN5/c1-13-8-16(9-14(2)25-13)18-11-22-19(10-17(18)15-4-5-15)23(28-27-22)26-21-6-7-29(3)12-20(21)24/h8-11,15,20-21H,4-7,12H2,1-3H3,(H2,26,27,28)/t20-,21-/m1/s1. The second-order valence-electron chi connectivity index (χ2n) is 8.79. The highest BCUT2D eigenvalue weighted by Crippen LogP contribution is 2.46. The van der Waals surface area contributed by atoms with Crippen LogP contribution in [0.3, 0.4) is 0 Å². The molecule has 2 atom stereocenters. The van der Waals surface area contributed by atoms with Gasteiger partial charge in [-0.25, -0.2) is 4.39 Å². The summed E-state index contributed by atoms with van der Waals surface area (Å²) in [6.07, 6.45) is 2.35. The van der Waals surface area contributed by atoms with Crippen LogP contribution in [-0.4, -0.2) is 52.4 Å². The third kappa shape index (κ3) is 3.62. The highest BCUT2D eigenvalue weighted by molar-refractivity contribution is 5.94. The van der Waals surface area contributed by atoms with Crippen molar-refractivity contribution in [3.05, 3.63) is 41.2 Å². The van der Waals surface area contributed by atoms with Crippen LogP contribution in [0.25, 0.3) is 22.0 Å². The molecule has 0 spiro atoms. The molecular formula is C23H28FN5. The van der Waals surface area contributed by atoms with Gasteiger partial charge in [0.25, 0.3) is 0 Å². The van der Waals surface area contributed by atoms with Gasteiger partial charge in [-0.1, -0.05) is 0 Å². The van der Waals surface area contributed by atoms with Gasteiger partial charge in [0.2, 0.25) is 0 Å². The van der Waals surface area contributed by atoms with E-state index in [4.69, 9.17) is 0 Å². The van der Waals surface area contributed by atoms with E-state index in [1.54, 1.807) is 0 Å². The van der Waals surface area contributed by atoms with Crippen LogP contribution >= 0.6 is 0 Å². The van der Waals surface area contributed by atoms with Crippen LogP contribution in [0.1, 0.15) is 42.1 Å². The molecule has 1 aliphatic carbocycles. The van der Waals surface area contributed by atoms with E-state index < -0.39 is 6.17 Å². The van der Waals surface area contributed by atoms with Crippen LogP contribution in [0.2, 0.25) is 0 Å². The van der Waals surface area contributed by atoms with Crippen molar-refractivity contribution in [2.45, 2.75) is 51.2 Å². The summed E-state index contributed by atoms with van der Waals surface area (Å²) in [6.45, 7) is 5.45. The van der Waals surface area contributed by atoms with Crippen molar-refractivity contribution < 1.29 is 4.39 Å². The van der Waals surface area contributed by atoms with Gasteiger partial charge in [-0.15, -0.1) is 0 Å². The van der Waals surface area contributed by atoms with Gasteiger partial charge in [0.05, 0.1) is 11.6 Å². The van der Waals surface area contributed by atoms with E-state index >= 15 is 0 Å². The summed E-state index contributed by atoms with van der Waals surface area (Å²) in [5.74, 6) is 1.37. The third-order valence-electron chi connectivity index (χ3n) is 6.21. The minimum atomic E-state index is -0.884. The van der Waals surface area contributed by atoms with E-state index in [-0.39, 0.29) is 6.04 Å². The highest BCUT2D eigenvalue weighted by Gasteiger charge is 2.30. The SMILES string of the molecule is Cc1cc(-c2cc3[nH]nc(N[C@@H]4CCN(C)C[C@H]4F)c3cc2C2CC2)cc(C)n1. The van der Waals surface area contributed by atoms with E-state index in [9.17, 15) is 4.39 Å². The number of anilines is 1. The molecule has 0 bridgehead atoms. The summed E-state index contributed by atoms with van der Waals surface area (Å²) in [5.41, 5.74) is 6.89. The zero-order valence-electron chi connectivity index (χ0n) is 17.3. The van der Waals surface area contributed by atoms with Crippen LogP contribution < -0.4 is 5.32 Å². The summed E-state index contributed by atoms with van der Waals surface area (Å²) in [6, 6.07) is 8.59. The molecule has 5 nitrogen and oxygen atoms in total. The normalized spacial score (nSPS) is 22.9. The molecule has 0 amide bonds. The van der Waals surface area contributed by atoms with Crippen molar-refractivity contribution in [3.63, 3.8) is 0 Å². The minimum Gasteiger partial charge on any atom is -0.362 e. The molecule has 0 radical (unpaired) electrons. The second kappa shape index (κ2) is 7.10. The number of aromatic amines is 1. The first kappa shape index (κ1) is 18.6. The lowest BCUT2D eigenvalue weighted by Crippen LogP contribution is -2.46. The largest absolute Gasteiger partial charge is 0.362 e. The maximum Gasteiger partial charge on any atom is 0.156 e. The Morgan fingerprint density at radius 1 is 1.10 bits per heavy atom. The molecule has 1 saturated heterocycles. The third-order valence-corrected chi connectivity index (χ3v) is 6.21. The molecule has 6 heteroatoms. The number of H-pyrrole nitrogens is 1.